The van der Waals surface area contributed by atoms with Crippen molar-refractivity contribution in [3.63, 3.8) is 0 Å². The molecule has 18 rings (SSSR count). The van der Waals surface area contributed by atoms with Crippen molar-refractivity contribution in [1.29, 1.82) is 0 Å². The van der Waals surface area contributed by atoms with Gasteiger partial charge in [-0.15, -0.1) is 41.4 Å². The Kier molecular flexibility index (Phi) is 9.76. The van der Waals surface area contributed by atoms with Crippen molar-refractivity contribution in [1.82, 2.24) is 9.55 Å². The monoisotopic (exact) mass is 1180 g/mol. The zero-order valence-electron chi connectivity index (χ0n) is 46.4. The van der Waals surface area contributed by atoms with Crippen LogP contribution in [0.25, 0.3) is 38.8 Å². The van der Waals surface area contributed by atoms with Gasteiger partial charge in [0.2, 0.25) is 0 Å². The predicted molar refractivity (Wildman–Crippen MR) is 308 cm³/mol. The van der Waals surface area contributed by atoms with Gasteiger partial charge in [-0.3, -0.25) is 0 Å². The summed E-state index contributed by atoms with van der Waals surface area (Å²) in [6, 6.07) is 81.0. The number of fused-ring (bicyclic) bond motifs is 4. The summed E-state index contributed by atoms with van der Waals surface area (Å²) in [7, 11) is 0. The van der Waals surface area contributed by atoms with Crippen LogP contribution < -0.4 is 14.5 Å². The molecule has 5 nitrogen and oxygen atoms in total. The third-order valence-electron chi connectivity index (χ3n) is 17.6. The average Bonchev–Trinajstić information content (AvgIpc) is 2.22. The minimum atomic E-state index is -2.41. The molecule has 6 heteroatoms. The number of rotatable bonds is 6. The summed E-state index contributed by atoms with van der Waals surface area (Å²) >= 11 is 0. The van der Waals surface area contributed by atoms with Crippen molar-refractivity contribution < 1.29 is 29.9 Å². The molecule has 11 aromatic rings. The Hall–Kier alpha value is -7.98. The summed E-state index contributed by atoms with van der Waals surface area (Å²) in [6.07, 6.45) is 1.70. The Bertz CT molecular complexity index is 4230. The number of aryl methyl sites for hydroxylation is 1. The SMILES string of the molecule is [2H]C([2H])([2H])c1cc(-n2c3[c-]c(Oc4[c-]c(N5[CH-]N(C67c8ccccc8C(c8ccccc86)C6(C)c8ccccc8C7(C)c7ccccc76)c6ccccc65)ccc4)ccc3c3ccccc32)ncc1-c1ccc(C(C)(C)C)cc1.[Pt]. The van der Waals surface area contributed by atoms with Gasteiger partial charge < -0.3 is 19.1 Å². The quantitative estimate of drug-likeness (QED) is 0.155. The van der Waals surface area contributed by atoms with Crippen LogP contribution in [0, 0.1) is 25.7 Å². The van der Waals surface area contributed by atoms with Crippen molar-refractivity contribution in [2.75, 3.05) is 9.80 Å². The molecule has 1 aliphatic heterocycles. The maximum atomic E-state index is 8.73. The van der Waals surface area contributed by atoms with Gasteiger partial charge in [0.05, 0.1) is 5.54 Å². The maximum Gasteiger partial charge on any atom is 0.135 e. The first-order valence-corrected chi connectivity index (χ1v) is 26.4. The molecule has 0 saturated carbocycles. The third-order valence-corrected chi connectivity index (χ3v) is 17.6. The van der Waals surface area contributed by atoms with Crippen molar-refractivity contribution in [2.24, 2.45) is 0 Å². The fourth-order valence-electron chi connectivity index (χ4n) is 14.3. The number of hydrogen-bond acceptors (Lipinski definition) is 4. The van der Waals surface area contributed by atoms with Gasteiger partial charge >= 0.3 is 0 Å². The van der Waals surface area contributed by atoms with E-state index in [1.54, 1.807) is 12.3 Å². The largest absolute Gasteiger partial charge is 0.509 e. The molecule has 77 heavy (non-hydrogen) atoms. The summed E-state index contributed by atoms with van der Waals surface area (Å²) in [5.41, 5.74) is 16.3. The topological polar surface area (TPSA) is 33.5 Å². The smallest absolute Gasteiger partial charge is 0.135 e. The van der Waals surface area contributed by atoms with Crippen LogP contribution in [-0.2, 0) is 42.8 Å². The molecule has 0 unspecified atom stereocenters. The predicted octanol–water partition coefficient (Wildman–Crippen LogP) is 16.9. The summed E-state index contributed by atoms with van der Waals surface area (Å²) in [5.74, 6) is 1.54. The van der Waals surface area contributed by atoms with E-state index < -0.39 is 17.8 Å². The Morgan fingerprint density at radius 3 is 1.87 bits per heavy atom. The van der Waals surface area contributed by atoms with Crippen molar-refractivity contribution in [3.05, 3.63) is 287 Å². The molecular weight excluding hydrogens is 1120 g/mol. The van der Waals surface area contributed by atoms with Gasteiger partial charge in [-0.1, -0.05) is 185 Å². The van der Waals surface area contributed by atoms with Gasteiger partial charge in [0.25, 0.3) is 0 Å². The second-order valence-electron chi connectivity index (χ2n) is 22.4. The molecule has 4 bridgehead atoms. The average molecular weight is 1180 g/mol. The first-order valence-electron chi connectivity index (χ1n) is 27.9. The van der Waals surface area contributed by atoms with E-state index >= 15 is 0 Å². The first-order chi connectivity index (χ1) is 38.2. The summed E-state index contributed by atoms with van der Waals surface area (Å²) in [6.45, 7) is 11.4. The van der Waals surface area contributed by atoms with Crippen LogP contribution in [0.15, 0.2) is 212 Å². The molecule has 0 spiro atoms. The van der Waals surface area contributed by atoms with E-state index in [1.165, 1.54) is 50.1 Å². The fourth-order valence-corrected chi connectivity index (χ4v) is 14.3. The van der Waals surface area contributed by atoms with Gasteiger partial charge in [0.1, 0.15) is 5.82 Å². The molecule has 0 N–H and O–H groups in total. The van der Waals surface area contributed by atoms with Gasteiger partial charge in [0, 0.05) is 82.1 Å². The van der Waals surface area contributed by atoms with Crippen LogP contribution in [0.4, 0.5) is 17.1 Å². The number of anilines is 3. The van der Waals surface area contributed by atoms with Crippen LogP contribution in [-0.4, -0.2) is 9.55 Å². The van der Waals surface area contributed by atoms with Gasteiger partial charge in [-0.05, 0) is 110 Å². The molecular formula is C71H55N4OPt-3. The van der Waals surface area contributed by atoms with E-state index in [4.69, 9.17) is 13.8 Å². The van der Waals surface area contributed by atoms with E-state index in [9.17, 15) is 0 Å². The second-order valence-corrected chi connectivity index (χ2v) is 22.4. The summed E-state index contributed by atoms with van der Waals surface area (Å²) in [4.78, 5) is 9.84. The minimum Gasteiger partial charge on any atom is -0.509 e. The van der Waals surface area contributed by atoms with E-state index in [0.717, 1.165) is 38.9 Å². The number of ether oxygens (including phenoxy) is 1. The van der Waals surface area contributed by atoms with E-state index in [-0.39, 0.29) is 43.4 Å². The van der Waals surface area contributed by atoms with Crippen molar-refractivity contribution >= 4 is 38.9 Å². The molecule has 0 saturated heterocycles. The summed E-state index contributed by atoms with van der Waals surface area (Å²) < 4.78 is 35.0. The number of hydrogen-bond donors (Lipinski definition) is 0. The van der Waals surface area contributed by atoms with Crippen LogP contribution in [0.2, 0.25) is 0 Å². The Morgan fingerprint density at radius 1 is 0.597 bits per heavy atom. The second kappa shape index (κ2) is 17.0. The van der Waals surface area contributed by atoms with Gasteiger partial charge in [0.15, 0.2) is 0 Å². The molecule has 0 fully saturated rings. The van der Waals surface area contributed by atoms with E-state index in [0.29, 0.717) is 28.4 Å². The van der Waals surface area contributed by atoms with Gasteiger partial charge in [-0.25, -0.2) is 4.98 Å². The Balaban J connectivity index is 0.00000577. The van der Waals surface area contributed by atoms with Crippen LogP contribution in [0.1, 0.15) is 100 Å². The van der Waals surface area contributed by atoms with Crippen LogP contribution in [0.3, 0.4) is 0 Å². The molecule has 378 valence electrons. The third kappa shape index (κ3) is 6.41. The molecule has 9 aromatic carbocycles. The number of benzene rings is 9. The maximum absolute atomic E-state index is 8.73. The standard InChI is InChI=1S/C71H55N4O.Pt/c1-45-40-66(72-43-55(45)46-34-36-47(37-35-46)68(2,3)4)75-62-31-16-9-22-51(62)52-39-38-50(42-65(52)75)76-49-21-19-20-48(41-49)73-44-74(64-33-18-17-32-63(64)73)71-56-25-10-7-23-53(56)67(54-24-8-11-26-57(54)71)69(5)58-27-12-14-29-60(58)70(71,6)61-30-15-13-28-59(61)69;/h7-40,43-44,67H,1-6H3;/q-3;/i1D3;. The molecule has 7 aliphatic rings. The van der Waals surface area contributed by atoms with Crippen LogP contribution in [0.5, 0.6) is 11.5 Å². The number of pyridine rings is 1. The zero-order chi connectivity index (χ0) is 53.8. The molecule has 6 aliphatic carbocycles. The van der Waals surface area contributed by atoms with E-state index in [2.05, 4.69) is 209 Å². The van der Waals surface area contributed by atoms with Gasteiger partial charge in [-0.2, -0.15) is 18.8 Å². The molecule has 2 aromatic heterocycles. The fraction of sp³-hybridized carbons (Fsp3) is 0.155. The summed E-state index contributed by atoms with van der Waals surface area (Å²) in [5, 5.41) is 1.93. The number of aromatic nitrogens is 2. The molecule has 0 radical (unpaired) electrons. The first kappa shape index (κ1) is 44.2. The molecule has 0 amide bonds. The number of nitrogens with zero attached hydrogens (tertiary/aromatic N) is 4. The van der Waals surface area contributed by atoms with E-state index in [1.807, 2.05) is 59.2 Å². The molecule has 3 heterocycles. The number of para-hydroxylation sites is 3. The van der Waals surface area contributed by atoms with Crippen LogP contribution >= 0.6 is 0 Å². The Morgan fingerprint density at radius 2 is 1.19 bits per heavy atom. The molecule has 0 atom stereocenters. The van der Waals surface area contributed by atoms with Crippen molar-refractivity contribution in [2.45, 2.75) is 69.2 Å². The normalized spacial score (nSPS) is 21.2. The Labute approximate surface area is 469 Å². The van der Waals surface area contributed by atoms with Crippen molar-refractivity contribution in [3.8, 4) is 28.4 Å². The minimum absolute atomic E-state index is 0. The zero-order valence-corrected chi connectivity index (χ0v) is 45.6.